The number of methoxy groups -OCH3 is 1. The van der Waals surface area contributed by atoms with Crippen molar-refractivity contribution in [2.45, 2.75) is 26.7 Å². The SMILES string of the molecule is COc1ccc(NC(C)=O)cc1CCNC(=O)Cc1ccc(C)cc1. The van der Waals surface area contributed by atoms with Gasteiger partial charge in [0.15, 0.2) is 0 Å². The first-order valence-corrected chi connectivity index (χ1v) is 8.24. The maximum atomic E-state index is 12.1. The number of carbonyl (C=O) groups excluding carboxylic acids is 2. The molecule has 0 aliphatic carbocycles. The number of hydrogen-bond acceptors (Lipinski definition) is 3. The second-order valence-electron chi connectivity index (χ2n) is 5.97. The Morgan fingerprint density at radius 1 is 1.08 bits per heavy atom. The molecule has 2 rings (SSSR count). The van der Waals surface area contributed by atoms with E-state index in [1.807, 2.05) is 43.3 Å². The Bertz CT molecular complexity index is 739. The van der Waals surface area contributed by atoms with E-state index >= 15 is 0 Å². The van der Waals surface area contributed by atoms with Crippen LogP contribution in [0.15, 0.2) is 42.5 Å². The predicted octanol–water partition coefficient (Wildman–Crippen LogP) is 2.86. The average Bonchev–Trinajstić information content (AvgIpc) is 2.57. The van der Waals surface area contributed by atoms with Crippen molar-refractivity contribution < 1.29 is 14.3 Å². The van der Waals surface area contributed by atoms with Crippen molar-refractivity contribution in [2.75, 3.05) is 19.0 Å². The minimum atomic E-state index is -0.123. The van der Waals surface area contributed by atoms with E-state index in [1.165, 1.54) is 12.5 Å². The molecule has 0 aliphatic rings. The molecule has 5 nitrogen and oxygen atoms in total. The molecule has 0 unspecified atom stereocenters. The highest BCUT2D eigenvalue weighted by Crippen LogP contribution is 2.23. The van der Waals surface area contributed by atoms with Gasteiger partial charge in [0.25, 0.3) is 0 Å². The highest BCUT2D eigenvalue weighted by Gasteiger charge is 2.07. The maximum absolute atomic E-state index is 12.1. The van der Waals surface area contributed by atoms with E-state index in [0.717, 1.165) is 16.9 Å². The van der Waals surface area contributed by atoms with Crippen LogP contribution in [0.2, 0.25) is 0 Å². The molecule has 0 heterocycles. The number of benzene rings is 2. The third-order valence-corrected chi connectivity index (χ3v) is 3.80. The van der Waals surface area contributed by atoms with E-state index in [2.05, 4.69) is 10.6 Å². The molecule has 0 bridgehead atoms. The summed E-state index contributed by atoms with van der Waals surface area (Å²) in [4.78, 5) is 23.2. The molecule has 25 heavy (non-hydrogen) atoms. The van der Waals surface area contributed by atoms with Gasteiger partial charge in [-0.1, -0.05) is 29.8 Å². The largest absolute Gasteiger partial charge is 0.496 e. The van der Waals surface area contributed by atoms with Crippen molar-refractivity contribution in [3.63, 3.8) is 0 Å². The molecule has 2 aromatic rings. The first kappa shape index (κ1) is 18.5. The lowest BCUT2D eigenvalue weighted by molar-refractivity contribution is -0.120. The first-order valence-electron chi connectivity index (χ1n) is 8.24. The van der Waals surface area contributed by atoms with Crippen LogP contribution in [0.1, 0.15) is 23.6 Å². The van der Waals surface area contributed by atoms with Gasteiger partial charge in [-0.15, -0.1) is 0 Å². The van der Waals surface area contributed by atoms with Crippen molar-refractivity contribution in [3.05, 3.63) is 59.2 Å². The summed E-state index contributed by atoms with van der Waals surface area (Å²) in [5.74, 6) is 0.602. The Labute approximate surface area is 148 Å². The molecule has 0 spiro atoms. The van der Waals surface area contributed by atoms with Crippen LogP contribution in [0.4, 0.5) is 5.69 Å². The summed E-state index contributed by atoms with van der Waals surface area (Å²) in [6.45, 7) is 3.99. The molecule has 2 amide bonds. The molecule has 0 radical (unpaired) electrons. The van der Waals surface area contributed by atoms with Gasteiger partial charge in [0.05, 0.1) is 13.5 Å². The summed E-state index contributed by atoms with van der Waals surface area (Å²) >= 11 is 0. The second kappa shape index (κ2) is 8.87. The smallest absolute Gasteiger partial charge is 0.224 e. The van der Waals surface area contributed by atoms with Crippen molar-refractivity contribution >= 4 is 17.5 Å². The second-order valence-corrected chi connectivity index (χ2v) is 5.97. The van der Waals surface area contributed by atoms with Gasteiger partial charge < -0.3 is 15.4 Å². The molecule has 0 aromatic heterocycles. The predicted molar refractivity (Wildman–Crippen MR) is 98.9 cm³/mol. The number of hydrogen-bond donors (Lipinski definition) is 2. The number of rotatable bonds is 7. The Morgan fingerprint density at radius 2 is 1.80 bits per heavy atom. The van der Waals surface area contributed by atoms with Gasteiger partial charge in [0.2, 0.25) is 11.8 Å². The van der Waals surface area contributed by atoms with Crippen molar-refractivity contribution in [1.29, 1.82) is 0 Å². The van der Waals surface area contributed by atoms with E-state index in [9.17, 15) is 9.59 Å². The number of carbonyl (C=O) groups is 2. The summed E-state index contributed by atoms with van der Waals surface area (Å²) in [7, 11) is 1.60. The van der Waals surface area contributed by atoms with Crippen molar-refractivity contribution in [2.24, 2.45) is 0 Å². The summed E-state index contributed by atoms with van der Waals surface area (Å²) in [6.07, 6.45) is 0.986. The van der Waals surface area contributed by atoms with Crippen LogP contribution in [0, 0.1) is 6.92 Å². The minimum Gasteiger partial charge on any atom is -0.496 e. The zero-order valence-electron chi connectivity index (χ0n) is 14.9. The van der Waals surface area contributed by atoms with Crippen LogP contribution >= 0.6 is 0 Å². The summed E-state index contributed by atoms with van der Waals surface area (Å²) in [6, 6.07) is 13.4. The maximum Gasteiger partial charge on any atom is 0.224 e. The van der Waals surface area contributed by atoms with Crippen LogP contribution in [0.5, 0.6) is 5.75 Å². The average molecular weight is 340 g/mol. The summed E-state index contributed by atoms with van der Waals surface area (Å²) in [5, 5.41) is 5.67. The van der Waals surface area contributed by atoms with Gasteiger partial charge in [-0.05, 0) is 42.7 Å². The fourth-order valence-corrected chi connectivity index (χ4v) is 2.55. The third kappa shape index (κ3) is 5.95. The van der Waals surface area contributed by atoms with Crippen LogP contribution in [0.25, 0.3) is 0 Å². The van der Waals surface area contributed by atoms with E-state index in [0.29, 0.717) is 25.1 Å². The minimum absolute atomic E-state index is 0.0131. The highest BCUT2D eigenvalue weighted by atomic mass is 16.5. The quantitative estimate of drug-likeness (QED) is 0.814. The molecule has 0 atom stereocenters. The lowest BCUT2D eigenvalue weighted by atomic mass is 10.1. The molecule has 2 N–H and O–H groups in total. The van der Waals surface area contributed by atoms with Gasteiger partial charge >= 0.3 is 0 Å². The zero-order chi connectivity index (χ0) is 18.2. The molecule has 0 saturated carbocycles. The molecule has 132 valence electrons. The van der Waals surface area contributed by atoms with Gasteiger partial charge in [-0.25, -0.2) is 0 Å². The molecular weight excluding hydrogens is 316 g/mol. The fraction of sp³-hybridized carbons (Fsp3) is 0.300. The molecule has 2 aromatic carbocycles. The van der Waals surface area contributed by atoms with Gasteiger partial charge in [-0.3, -0.25) is 9.59 Å². The fourth-order valence-electron chi connectivity index (χ4n) is 2.55. The number of amides is 2. The highest BCUT2D eigenvalue weighted by molar-refractivity contribution is 5.88. The number of anilines is 1. The van der Waals surface area contributed by atoms with Crippen LogP contribution in [-0.4, -0.2) is 25.5 Å². The summed E-state index contributed by atoms with van der Waals surface area (Å²) in [5.41, 5.74) is 3.82. The standard InChI is InChI=1S/C20H24N2O3/c1-14-4-6-16(7-5-14)12-20(24)21-11-10-17-13-18(22-15(2)23)8-9-19(17)25-3/h4-9,13H,10-12H2,1-3H3,(H,21,24)(H,22,23). The normalized spacial score (nSPS) is 10.2. The molecule has 0 fully saturated rings. The van der Waals surface area contributed by atoms with Gasteiger partial charge in [0.1, 0.15) is 5.75 Å². The molecular formula is C20H24N2O3. The van der Waals surface area contributed by atoms with Crippen LogP contribution < -0.4 is 15.4 Å². The molecule has 5 heteroatoms. The monoisotopic (exact) mass is 340 g/mol. The Hall–Kier alpha value is -2.82. The number of nitrogens with one attached hydrogen (secondary N) is 2. The van der Waals surface area contributed by atoms with Gasteiger partial charge in [0, 0.05) is 19.2 Å². The van der Waals surface area contributed by atoms with E-state index < -0.39 is 0 Å². The first-order chi connectivity index (χ1) is 12.0. The molecule has 0 aliphatic heterocycles. The van der Waals surface area contributed by atoms with Crippen LogP contribution in [-0.2, 0) is 22.4 Å². The molecule has 0 saturated heterocycles. The Morgan fingerprint density at radius 3 is 2.44 bits per heavy atom. The summed E-state index contributed by atoms with van der Waals surface area (Å²) < 4.78 is 5.34. The Balaban J connectivity index is 1.90. The van der Waals surface area contributed by atoms with Crippen molar-refractivity contribution in [3.8, 4) is 5.75 Å². The lowest BCUT2D eigenvalue weighted by Gasteiger charge is -2.12. The zero-order valence-corrected chi connectivity index (χ0v) is 14.9. The van der Waals surface area contributed by atoms with Crippen LogP contribution in [0.3, 0.4) is 0 Å². The van der Waals surface area contributed by atoms with E-state index in [4.69, 9.17) is 4.74 Å². The van der Waals surface area contributed by atoms with Crippen molar-refractivity contribution in [1.82, 2.24) is 5.32 Å². The Kier molecular flexibility index (Phi) is 6.57. The third-order valence-electron chi connectivity index (χ3n) is 3.80. The lowest BCUT2D eigenvalue weighted by Crippen LogP contribution is -2.27. The topological polar surface area (TPSA) is 67.4 Å². The van der Waals surface area contributed by atoms with Gasteiger partial charge in [-0.2, -0.15) is 0 Å². The number of aryl methyl sites for hydroxylation is 1. The van der Waals surface area contributed by atoms with E-state index in [-0.39, 0.29) is 11.8 Å². The van der Waals surface area contributed by atoms with E-state index in [1.54, 1.807) is 13.2 Å². The number of ether oxygens (including phenoxy) is 1.